The third-order valence-electron chi connectivity index (χ3n) is 4.66. The zero-order chi connectivity index (χ0) is 21.7. The molecular weight excluding hydrogens is 366 g/mol. The Kier molecular flexibility index (Phi) is 18.2. The van der Waals surface area contributed by atoms with Crippen LogP contribution >= 0.6 is 0 Å². The van der Waals surface area contributed by atoms with E-state index in [9.17, 15) is 14.4 Å². The molecule has 6 nitrogen and oxygen atoms in total. The topological polar surface area (TPSA) is 87.3 Å². The summed E-state index contributed by atoms with van der Waals surface area (Å²) in [5.41, 5.74) is 0. The smallest absolute Gasteiger partial charge is 0.242 e. The lowest BCUT2D eigenvalue weighted by Gasteiger charge is -2.18. The Hall–Kier alpha value is -1.85. The first kappa shape index (κ1) is 27.1. The van der Waals surface area contributed by atoms with Crippen molar-refractivity contribution in [1.29, 1.82) is 0 Å². The van der Waals surface area contributed by atoms with Gasteiger partial charge in [0.15, 0.2) is 0 Å². The second-order valence-electron chi connectivity index (χ2n) is 7.51. The van der Waals surface area contributed by atoms with E-state index in [0.29, 0.717) is 25.9 Å². The van der Waals surface area contributed by atoms with Crippen LogP contribution in [-0.4, -0.2) is 36.9 Å². The molecule has 29 heavy (non-hydrogen) atoms. The number of rotatable bonds is 18. The van der Waals surface area contributed by atoms with Crippen LogP contribution in [0.25, 0.3) is 0 Å². The van der Waals surface area contributed by atoms with E-state index < -0.39 is 6.04 Å². The summed E-state index contributed by atoms with van der Waals surface area (Å²) < 4.78 is 0. The summed E-state index contributed by atoms with van der Waals surface area (Å²) in [6, 6.07) is -0.656. The van der Waals surface area contributed by atoms with Crippen molar-refractivity contribution < 1.29 is 14.4 Å². The molecule has 0 aromatic carbocycles. The summed E-state index contributed by atoms with van der Waals surface area (Å²) in [5.74, 6) is -0.405. The van der Waals surface area contributed by atoms with E-state index in [2.05, 4.69) is 48.9 Å². The summed E-state index contributed by atoms with van der Waals surface area (Å²) in [7, 11) is 0. The van der Waals surface area contributed by atoms with Crippen LogP contribution in [-0.2, 0) is 14.4 Å². The third-order valence-corrected chi connectivity index (χ3v) is 4.66. The zero-order valence-corrected chi connectivity index (χ0v) is 18.9. The maximum Gasteiger partial charge on any atom is 0.242 e. The van der Waals surface area contributed by atoms with Gasteiger partial charge in [0.2, 0.25) is 17.7 Å². The second-order valence-corrected chi connectivity index (χ2v) is 7.51. The first-order valence-corrected chi connectivity index (χ1v) is 11.5. The Bertz CT molecular complexity index is 478. The van der Waals surface area contributed by atoms with Gasteiger partial charge in [-0.15, -0.1) is 0 Å². The molecule has 0 aliphatic rings. The first-order chi connectivity index (χ1) is 14.0. The molecule has 0 aromatic heterocycles. The van der Waals surface area contributed by atoms with Gasteiger partial charge in [-0.1, -0.05) is 58.6 Å². The lowest BCUT2D eigenvalue weighted by molar-refractivity contribution is -0.129. The normalized spacial score (nSPS) is 12.0. The molecule has 0 aliphatic heterocycles. The molecule has 0 saturated carbocycles. The van der Waals surface area contributed by atoms with Gasteiger partial charge < -0.3 is 16.0 Å². The molecule has 3 amide bonds. The highest BCUT2D eigenvalue weighted by Gasteiger charge is 2.21. The fourth-order valence-corrected chi connectivity index (χ4v) is 2.75. The highest BCUT2D eigenvalue weighted by atomic mass is 16.2. The minimum Gasteiger partial charge on any atom is -0.356 e. The van der Waals surface area contributed by atoms with Crippen molar-refractivity contribution in [3.05, 3.63) is 12.2 Å². The molecule has 0 rings (SSSR count). The van der Waals surface area contributed by atoms with Crippen LogP contribution in [0.2, 0.25) is 0 Å². The van der Waals surface area contributed by atoms with Crippen LogP contribution < -0.4 is 16.0 Å². The summed E-state index contributed by atoms with van der Waals surface area (Å²) in [5, 5.41) is 8.54. The molecule has 6 heteroatoms. The van der Waals surface area contributed by atoms with Crippen LogP contribution in [0.15, 0.2) is 12.2 Å². The largest absolute Gasteiger partial charge is 0.356 e. The molecule has 1 atom stereocenters. The number of amides is 3. The fraction of sp³-hybridized carbons (Fsp3) is 0.783. The van der Waals surface area contributed by atoms with Gasteiger partial charge in [0.25, 0.3) is 0 Å². The van der Waals surface area contributed by atoms with Crippen molar-refractivity contribution >= 4 is 17.7 Å². The lowest BCUT2D eigenvalue weighted by atomic mass is 10.1. The molecule has 168 valence electrons. The van der Waals surface area contributed by atoms with Crippen LogP contribution in [0.4, 0.5) is 0 Å². The molecule has 0 saturated heterocycles. The predicted octanol–water partition coefficient (Wildman–Crippen LogP) is 4.00. The minimum atomic E-state index is -0.656. The summed E-state index contributed by atoms with van der Waals surface area (Å²) in [4.78, 5) is 36.6. The number of unbranched alkanes of at least 4 members (excludes halogenated alkanes) is 5. The molecule has 0 unspecified atom stereocenters. The van der Waals surface area contributed by atoms with Crippen molar-refractivity contribution in [2.75, 3.05) is 13.1 Å². The maximum atomic E-state index is 12.4. The van der Waals surface area contributed by atoms with Crippen molar-refractivity contribution in [3.8, 4) is 0 Å². The van der Waals surface area contributed by atoms with Gasteiger partial charge in [-0.3, -0.25) is 14.4 Å². The highest BCUT2D eigenvalue weighted by molar-refractivity contribution is 5.88. The Labute approximate surface area is 177 Å². The summed E-state index contributed by atoms with van der Waals surface area (Å²) >= 11 is 0. The Morgan fingerprint density at radius 2 is 1.31 bits per heavy atom. The van der Waals surface area contributed by atoms with Crippen LogP contribution in [0.5, 0.6) is 0 Å². The first-order valence-electron chi connectivity index (χ1n) is 11.5. The van der Waals surface area contributed by atoms with Gasteiger partial charge in [-0.25, -0.2) is 0 Å². The molecule has 0 spiro atoms. The molecule has 0 radical (unpaired) electrons. The van der Waals surface area contributed by atoms with E-state index in [1.165, 1.54) is 12.8 Å². The van der Waals surface area contributed by atoms with Gasteiger partial charge in [-0.05, 0) is 38.5 Å². The van der Waals surface area contributed by atoms with E-state index in [0.717, 1.165) is 44.9 Å². The number of hydrogen-bond acceptors (Lipinski definition) is 3. The van der Waals surface area contributed by atoms with Gasteiger partial charge >= 0.3 is 0 Å². The van der Waals surface area contributed by atoms with E-state index >= 15 is 0 Å². The Morgan fingerprint density at radius 1 is 0.724 bits per heavy atom. The third kappa shape index (κ3) is 16.8. The van der Waals surface area contributed by atoms with Crippen LogP contribution in [0, 0.1) is 0 Å². The second kappa shape index (κ2) is 19.5. The SMILES string of the molecule is CCCC/C=C/CCCC(=O)N[C@@H](CCC(=O)NCCCC)C(=O)NCCCC. The number of carbonyl (C=O) groups excluding carboxylic acids is 3. The molecule has 3 N–H and O–H groups in total. The molecule has 0 bridgehead atoms. The zero-order valence-electron chi connectivity index (χ0n) is 18.9. The standard InChI is InChI=1S/C23H43N3O3/c1-4-7-10-11-12-13-14-15-22(28)26-20(23(29)25-19-9-6-3)16-17-21(27)24-18-8-5-2/h11-12,20H,4-10,13-19H2,1-3H3,(H,24,27)(H,25,29)(H,26,28)/b12-11+/t20-/m0/s1. The number of hydrogen-bond donors (Lipinski definition) is 3. The van der Waals surface area contributed by atoms with Crippen LogP contribution in [0.3, 0.4) is 0 Å². The monoisotopic (exact) mass is 409 g/mol. The molecule has 0 fully saturated rings. The van der Waals surface area contributed by atoms with Gasteiger partial charge in [0, 0.05) is 25.9 Å². The minimum absolute atomic E-state index is 0.0729. The van der Waals surface area contributed by atoms with Crippen LogP contribution in [0.1, 0.15) is 97.8 Å². The quantitative estimate of drug-likeness (QED) is 0.236. The van der Waals surface area contributed by atoms with Gasteiger partial charge in [0.1, 0.15) is 6.04 Å². The molecule has 0 aliphatic carbocycles. The van der Waals surface area contributed by atoms with E-state index in [-0.39, 0.29) is 24.1 Å². The summed E-state index contributed by atoms with van der Waals surface area (Å²) in [6.45, 7) is 7.54. The van der Waals surface area contributed by atoms with Gasteiger partial charge in [0.05, 0.1) is 0 Å². The van der Waals surface area contributed by atoms with E-state index in [4.69, 9.17) is 0 Å². The predicted molar refractivity (Wildman–Crippen MR) is 120 cm³/mol. The van der Waals surface area contributed by atoms with E-state index in [1.807, 2.05) is 0 Å². The lowest BCUT2D eigenvalue weighted by Crippen LogP contribution is -2.47. The number of nitrogens with one attached hydrogen (secondary N) is 3. The summed E-state index contributed by atoms with van der Waals surface area (Å²) in [6.07, 6.45) is 14.2. The molecular formula is C23H43N3O3. The van der Waals surface area contributed by atoms with E-state index in [1.54, 1.807) is 0 Å². The fourth-order valence-electron chi connectivity index (χ4n) is 2.75. The Balaban J connectivity index is 4.40. The highest BCUT2D eigenvalue weighted by Crippen LogP contribution is 2.04. The molecule has 0 aromatic rings. The van der Waals surface area contributed by atoms with Crippen molar-refractivity contribution in [1.82, 2.24) is 16.0 Å². The van der Waals surface area contributed by atoms with Crippen molar-refractivity contribution in [2.24, 2.45) is 0 Å². The average molecular weight is 410 g/mol. The van der Waals surface area contributed by atoms with Crippen molar-refractivity contribution in [2.45, 2.75) is 104 Å². The Morgan fingerprint density at radius 3 is 1.93 bits per heavy atom. The number of carbonyl (C=O) groups is 3. The van der Waals surface area contributed by atoms with Gasteiger partial charge in [-0.2, -0.15) is 0 Å². The molecule has 0 heterocycles. The maximum absolute atomic E-state index is 12.4. The number of allylic oxidation sites excluding steroid dienone is 2. The van der Waals surface area contributed by atoms with Crippen molar-refractivity contribution in [3.63, 3.8) is 0 Å². The average Bonchev–Trinajstić information content (AvgIpc) is 2.70.